The molecular formula is C19H34NP. The van der Waals surface area contributed by atoms with Crippen LogP contribution in [-0.4, -0.2) is 18.5 Å². The van der Waals surface area contributed by atoms with Gasteiger partial charge in [-0.05, 0) is 50.9 Å². The quantitative estimate of drug-likeness (QED) is 0.386. The standard InChI is InChI=1S/C19H34NP/c1-4-7-16-21(17-8-5-2,18-9-6-3)20-19-14-12-10-11-13-15-19/h10-14H,4-9,15-18H2,1-3H3. The zero-order valence-corrected chi connectivity index (χ0v) is 15.2. The first-order valence-electron chi connectivity index (χ1n) is 8.88. The van der Waals surface area contributed by atoms with Gasteiger partial charge in [-0.15, -0.1) is 0 Å². The molecule has 1 aliphatic carbocycles. The summed E-state index contributed by atoms with van der Waals surface area (Å²) in [5.41, 5.74) is 1.32. The molecule has 0 atom stereocenters. The molecule has 0 radical (unpaired) electrons. The number of unbranched alkanes of at least 4 members (excludes halogenated alkanes) is 3. The molecule has 0 heterocycles. The first kappa shape index (κ1) is 18.5. The van der Waals surface area contributed by atoms with Gasteiger partial charge >= 0.3 is 0 Å². The van der Waals surface area contributed by atoms with Crippen LogP contribution in [0.15, 0.2) is 40.8 Å². The summed E-state index contributed by atoms with van der Waals surface area (Å²) < 4.78 is 5.41. The summed E-state index contributed by atoms with van der Waals surface area (Å²) in [5.74, 6) is 0. The molecule has 0 N–H and O–H groups in total. The Bertz CT molecular complexity index is 387. The predicted octanol–water partition coefficient (Wildman–Crippen LogP) is 6.99. The van der Waals surface area contributed by atoms with Crippen molar-refractivity contribution in [1.29, 1.82) is 0 Å². The van der Waals surface area contributed by atoms with Crippen molar-refractivity contribution in [2.75, 3.05) is 18.5 Å². The monoisotopic (exact) mass is 307 g/mol. The Kier molecular flexibility index (Phi) is 9.76. The van der Waals surface area contributed by atoms with E-state index in [9.17, 15) is 0 Å². The first-order valence-corrected chi connectivity index (χ1v) is 11.2. The average Bonchev–Trinajstić information content (AvgIpc) is 2.77. The molecule has 1 rings (SSSR count). The number of hydrogen-bond donors (Lipinski definition) is 0. The van der Waals surface area contributed by atoms with E-state index >= 15 is 0 Å². The lowest BCUT2D eigenvalue weighted by atomic mass is 10.3. The zero-order chi connectivity index (χ0) is 15.4. The molecule has 0 saturated carbocycles. The maximum atomic E-state index is 5.41. The van der Waals surface area contributed by atoms with Crippen molar-refractivity contribution < 1.29 is 0 Å². The lowest BCUT2D eigenvalue weighted by molar-refractivity contribution is 0.839. The largest absolute Gasteiger partial charge is 0.272 e. The number of nitrogens with zero attached hydrogens (tertiary/aromatic N) is 1. The van der Waals surface area contributed by atoms with Crippen LogP contribution < -0.4 is 0 Å². The molecule has 120 valence electrons. The van der Waals surface area contributed by atoms with E-state index < -0.39 is 7.05 Å². The van der Waals surface area contributed by atoms with Crippen molar-refractivity contribution >= 4 is 7.05 Å². The molecule has 0 amide bonds. The number of hydrogen-bond acceptors (Lipinski definition) is 1. The molecule has 0 unspecified atom stereocenters. The normalized spacial score (nSPS) is 14.9. The number of rotatable bonds is 10. The van der Waals surface area contributed by atoms with E-state index in [-0.39, 0.29) is 0 Å². The molecule has 0 aromatic heterocycles. The highest BCUT2D eigenvalue weighted by Crippen LogP contribution is 2.53. The molecule has 0 spiro atoms. The second-order valence-corrected chi connectivity index (χ2v) is 9.83. The van der Waals surface area contributed by atoms with Crippen LogP contribution in [0.4, 0.5) is 0 Å². The highest BCUT2D eigenvalue weighted by atomic mass is 31.2. The van der Waals surface area contributed by atoms with Crippen molar-refractivity contribution in [2.24, 2.45) is 4.74 Å². The van der Waals surface area contributed by atoms with Gasteiger partial charge in [-0.2, -0.15) is 0 Å². The van der Waals surface area contributed by atoms with Crippen molar-refractivity contribution in [3.05, 3.63) is 36.1 Å². The minimum absolute atomic E-state index is 1.01. The summed E-state index contributed by atoms with van der Waals surface area (Å²) in [6.07, 6.45) is 24.0. The molecule has 0 aliphatic heterocycles. The van der Waals surface area contributed by atoms with Gasteiger partial charge in [0.2, 0.25) is 0 Å². The molecule has 1 aliphatic rings. The fourth-order valence-electron chi connectivity index (χ4n) is 2.76. The summed E-state index contributed by atoms with van der Waals surface area (Å²) in [5, 5.41) is 0. The molecular weight excluding hydrogens is 273 g/mol. The van der Waals surface area contributed by atoms with Gasteiger partial charge in [0.1, 0.15) is 0 Å². The summed E-state index contributed by atoms with van der Waals surface area (Å²) in [4.78, 5) is 0. The van der Waals surface area contributed by atoms with E-state index in [4.69, 9.17) is 4.74 Å². The third-order valence-electron chi connectivity index (χ3n) is 4.10. The molecule has 2 heteroatoms. The Morgan fingerprint density at radius 3 is 1.95 bits per heavy atom. The summed E-state index contributed by atoms with van der Waals surface area (Å²) >= 11 is 0. The molecule has 0 saturated heterocycles. The van der Waals surface area contributed by atoms with Crippen LogP contribution in [-0.2, 0) is 0 Å². The summed E-state index contributed by atoms with van der Waals surface area (Å²) in [6.45, 7) is 6.93. The highest BCUT2D eigenvalue weighted by Gasteiger charge is 2.18. The third-order valence-corrected chi connectivity index (χ3v) is 8.23. The topological polar surface area (TPSA) is 12.4 Å². The summed E-state index contributed by atoms with van der Waals surface area (Å²) in [7, 11) is -1.14. The first-order chi connectivity index (χ1) is 10.3. The van der Waals surface area contributed by atoms with E-state index in [1.54, 1.807) is 0 Å². The highest BCUT2D eigenvalue weighted by molar-refractivity contribution is 7.66. The van der Waals surface area contributed by atoms with Gasteiger partial charge in [-0.3, -0.25) is 4.74 Å². The molecule has 21 heavy (non-hydrogen) atoms. The minimum Gasteiger partial charge on any atom is -0.272 e. The van der Waals surface area contributed by atoms with Gasteiger partial charge in [0.05, 0.1) is 0 Å². The Morgan fingerprint density at radius 1 is 0.857 bits per heavy atom. The van der Waals surface area contributed by atoms with Gasteiger partial charge in [0, 0.05) is 12.1 Å². The van der Waals surface area contributed by atoms with Gasteiger partial charge in [-0.1, -0.05) is 64.3 Å². The van der Waals surface area contributed by atoms with Gasteiger partial charge in [0.25, 0.3) is 0 Å². The zero-order valence-electron chi connectivity index (χ0n) is 14.4. The second kappa shape index (κ2) is 11.1. The van der Waals surface area contributed by atoms with Crippen LogP contribution in [0.25, 0.3) is 0 Å². The molecule has 0 fully saturated rings. The maximum absolute atomic E-state index is 5.41. The lowest BCUT2D eigenvalue weighted by Gasteiger charge is -2.25. The fourth-order valence-corrected chi connectivity index (χ4v) is 7.13. The van der Waals surface area contributed by atoms with Crippen molar-refractivity contribution in [2.45, 2.75) is 65.7 Å². The van der Waals surface area contributed by atoms with Gasteiger partial charge in [0.15, 0.2) is 0 Å². The molecule has 0 bridgehead atoms. The van der Waals surface area contributed by atoms with Crippen LogP contribution in [0.5, 0.6) is 0 Å². The van der Waals surface area contributed by atoms with Crippen molar-refractivity contribution in [1.82, 2.24) is 0 Å². The Balaban J connectivity index is 3.01. The van der Waals surface area contributed by atoms with Crippen LogP contribution >= 0.6 is 7.05 Å². The fraction of sp³-hybridized carbons (Fsp3) is 0.684. The maximum Gasteiger partial charge on any atom is 0.0425 e. The SMILES string of the molecule is CCCCP(CCCC)(CCCC)=NC1=CC=CC=CC1. The average molecular weight is 307 g/mol. The smallest absolute Gasteiger partial charge is 0.0425 e. The Hall–Kier alpha value is -0.550. The van der Waals surface area contributed by atoms with Crippen molar-refractivity contribution in [3.63, 3.8) is 0 Å². The van der Waals surface area contributed by atoms with E-state index in [1.807, 2.05) is 0 Å². The Morgan fingerprint density at radius 2 is 1.43 bits per heavy atom. The van der Waals surface area contributed by atoms with E-state index in [0.29, 0.717) is 0 Å². The lowest BCUT2D eigenvalue weighted by Crippen LogP contribution is -2.02. The molecule has 0 aromatic carbocycles. The van der Waals surface area contributed by atoms with Gasteiger partial charge in [-0.25, -0.2) is 0 Å². The molecule has 0 aromatic rings. The summed E-state index contributed by atoms with van der Waals surface area (Å²) in [6, 6.07) is 0. The van der Waals surface area contributed by atoms with Crippen LogP contribution in [0.2, 0.25) is 0 Å². The second-order valence-electron chi connectivity index (χ2n) is 6.10. The van der Waals surface area contributed by atoms with Crippen LogP contribution in [0.3, 0.4) is 0 Å². The third kappa shape index (κ3) is 7.32. The van der Waals surface area contributed by atoms with E-state index in [1.165, 1.54) is 62.7 Å². The minimum atomic E-state index is -1.14. The van der Waals surface area contributed by atoms with Crippen molar-refractivity contribution in [3.8, 4) is 0 Å². The Labute approximate surface area is 132 Å². The van der Waals surface area contributed by atoms with Crippen LogP contribution in [0, 0.1) is 0 Å². The van der Waals surface area contributed by atoms with E-state index in [2.05, 4.69) is 51.2 Å². The van der Waals surface area contributed by atoms with Crippen LogP contribution in [0.1, 0.15) is 65.7 Å². The number of allylic oxidation sites excluding steroid dienone is 5. The predicted molar refractivity (Wildman–Crippen MR) is 99.7 cm³/mol. The van der Waals surface area contributed by atoms with Gasteiger partial charge < -0.3 is 0 Å². The van der Waals surface area contributed by atoms with E-state index in [0.717, 1.165) is 6.42 Å². The molecule has 1 nitrogen and oxygen atoms in total.